The number of hydrogen-bond acceptors (Lipinski definition) is 2. The molecule has 0 atom stereocenters. The Balaban J connectivity index is 2.69. The maximum Gasteiger partial charge on any atom is 0.433 e. The second-order valence-electron chi connectivity index (χ2n) is 3.35. The molecule has 1 heterocycles. The largest absolute Gasteiger partial charge is 0.433 e. The minimum absolute atomic E-state index is 0.486. The maximum atomic E-state index is 12.4. The van der Waals surface area contributed by atoms with Gasteiger partial charge >= 0.3 is 6.18 Å². The highest BCUT2D eigenvalue weighted by Crippen LogP contribution is 2.29. The van der Waals surface area contributed by atoms with Gasteiger partial charge in [0.1, 0.15) is 5.69 Å². The molecule has 15 heavy (non-hydrogen) atoms. The Hall–Kier alpha value is -1.04. The van der Waals surface area contributed by atoms with Crippen LogP contribution in [0.2, 0.25) is 0 Å². The molecule has 3 nitrogen and oxygen atoms in total. The van der Waals surface area contributed by atoms with Crippen LogP contribution in [-0.4, -0.2) is 23.4 Å². The number of nitrogens with one attached hydrogen (secondary N) is 1. The fourth-order valence-electron chi connectivity index (χ4n) is 1.36. The summed E-state index contributed by atoms with van der Waals surface area (Å²) in [7, 11) is 3.12. The van der Waals surface area contributed by atoms with Crippen LogP contribution >= 0.6 is 0 Å². The van der Waals surface area contributed by atoms with E-state index in [2.05, 4.69) is 10.4 Å². The Morgan fingerprint density at radius 1 is 1.47 bits per heavy atom. The van der Waals surface area contributed by atoms with Crippen molar-refractivity contribution < 1.29 is 13.2 Å². The summed E-state index contributed by atoms with van der Waals surface area (Å²) in [5.74, 6) is 0. The molecule has 0 amide bonds. The minimum Gasteiger partial charge on any atom is -0.320 e. The summed E-state index contributed by atoms with van der Waals surface area (Å²) in [6.45, 7) is 0.776. The summed E-state index contributed by atoms with van der Waals surface area (Å²) >= 11 is 0. The molecule has 0 aromatic carbocycles. The SMILES string of the molecule is CNCCCc1cc(C(F)(F)F)n(C)n1. The normalized spacial score (nSPS) is 12.1. The molecule has 6 heteroatoms. The Morgan fingerprint density at radius 2 is 2.13 bits per heavy atom. The van der Waals surface area contributed by atoms with Crippen LogP contribution < -0.4 is 5.32 Å². The molecule has 0 spiro atoms. The third kappa shape index (κ3) is 3.23. The lowest BCUT2D eigenvalue weighted by atomic mass is 10.2. The van der Waals surface area contributed by atoms with Gasteiger partial charge in [0.05, 0.1) is 5.69 Å². The van der Waals surface area contributed by atoms with E-state index in [1.54, 1.807) is 7.05 Å². The van der Waals surface area contributed by atoms with E-state index in [4.69, 9.17) is 0 Å². The summed E-state index contributed by atoms with van der Waals surface area (Å²) in [6.07, 6.45) is -2.97. The van der Waals surface area contributed by atoms with E-state index in [1.807, 2.05) is 0 Å². The van der Waals surface area contributed by atoms with E-state index >= 15 is 0 Å². The highest BCUT2D eigenvalue weighted by atomic mass is 19.4. The van der Waals surface area contributed by atoms with Crippen molar-refractivity contribution in [2.75, 3.05) is 13.6 Å². The van der Waals surface area contributed by atoms with Crippen molar-refractivity contribution in [2.24, 2.45) is 7.05 Å². The van der Waals surface area contributed by atoms with E-state index in [9.17, 15) is 13.2 Å². The second kappa shape index (κ2) is 4.65. The van der Waals surface area contributed by atoms with Crippen molar-refractivity contribution in [3.63, 3.8) is 0 Å². The first kappa shape index (κ1) is 12.0. The zero-order chi connectivity index (χ0) is 11.5. The van der Waals surface area contributed by atoms with E-state index in [-0.39, 0.29) is 0 Å². The van der Waals surface area contributed by atoms with Crippen molar-refractivity contribution in [3.05, 3.63) is 17.5 Å². The van der Waals surface area contributed by atoms with Crippen molar-refractivity contribution in [3.8, 4) is 0 Å². The van der Waals surface area contributed by atoms with Gasteiger partial charge in [0.15, 0.2) is 0 Å². The van der Waals surface area contributed by atoms with Crippen LogP contribution in [0.25, 0.3) is 0 Å². The van der Waals surface area contributed by atoms with Crippen molar-refractivity contribution in [1.82, 2.24) is 15.1 Å². The Labute approximate surface area is 86.3 Å². The van der Waals surface area contributed by atoms with Gasteiger partial charge in [-0.3, -0.25) is 4.68 Å². The summed E-state index contributed by atoms with van der Waals surface area (Å²) < 4.78 is 38.0. The van der Waals surface area contributed by atoms with Crippen molar-refractivity contribution in [2.45, 2.75) is 19.0 Å². The molecule has 0 aliphatic heterocycles. The van der Waals surface area contributed by atoms with Crippen LogP contribution in [-0.2, 0) is 19.6 Å². The zero-order valence-electron chi connectivity index (χ0n) is 8.73. The zero-order valence-corrected chi connectivity index (χ0v) is 8.73. The standard InChI is InChI=1S/C9H14F3N3/c1-13-5-3-4-7-6-8(9(10,11)12)15(2)14-7/h6,13H,3-5H2,1-2H3. The molecule has 0 unspecified atom stereocenters. The molecule has 1 rings (SSSR count). The van der Waals surface area contributed by atoms with Gasteiger partial charge in [0, 0.05) is 7.05 Å². The lowest BCUT2D eigenvalue weighted by molar-refractivity contribution is -0.143. The third-order valence-electron chi connectivity index (χ3n) is 2.08. The minimum atomic E-state index is -4.32. The smallest absolute Gasteiger partial charge is 0.320 e. The van der Waals surface area contributed by atoms with Gasteiger partial charge in [-0.25, -0.2) is 0 Å². The molecule has 1 aromatic rings. The summed E-state index contributed by atoms with van der Waals surface area (Å²) in [5.41, 5.74) is -0.206. The van der Waals surface area contributed by atoms with Crippen LogP contribution in [0.3, 0.4) is 0 Å². The first-order chi connectivity index (χ1) is 6.95. The topological polar surface area (TPSA) is 29.9 Å². The van der Waals surface area contributed by atoms with Crippen LogP contribution in [0.15, 0.2) is 6.07 Å². The van der Waals surface area contributed by atoms with Crippen molar-refractivity contribution >= 4 is 0 Å². The number of aromatic nitrogens is 2. The molecule has 0 aliphatic carbocycles. The fraction of sp³-hybridized carbons (Fsp3) is 0.667. The molecule has 0 saturated heterocycles. The Morgan fingerprint density at radius 3 is 2.60 bits per heavy atom. The number of alkyl halides is 3. The van der Waals surface area contributed by atoms with Gasteiger partial charge in [-0.2, -0.15) is 18.3 Å². The molecular weight excluding hydrogens is 207 g/mol. The van der Waals surface area contributed by atoms with Gasteiger partial charge < -0.3 is 5.32 Å². The Kier molecular flexibility index (Phi) is 3.73. The molecule has 0 fully saturated rings. The first-order valence-corrected chi connectivity index (χ1v) is 4.70. The molecule has 1 aromatic heterocycles. The number of rotatable bonds is 4. The van der Waals surface area contributed by atoms with Crippen LogP contribution in [0, 0.1) is 0 Å². The van der Waals surface area contributed by atoms with Gasteiger partial charge in [0.25, 0.3) is 0 Å². The molecule has 0 radical (unpaired) electrons. The van der Waals surface area contributed by atoms with Crippen molar-refractivity contribution in [1.29, 1.82) is 0 Å². The van der Waals surface area contributed by atoms with Crippen LogP contribution in [0.4, 0.5) is 13.2 Å². The second-order valence-corrected chi connectivity index (χ2v) is 3.35. The lowest BCUT2D eigenvalue weighted by Crippen LogP contribution is -2.11. The van der Waals surface area contributed by atoms with E-state index in [0.717, 1.165) is 23.7 Å². The predicted octanol–water partition coefficient (Wildman–Crippen LogP) is 1.59. The highest BCUT2D eigenvalue weighted by molar-refractivity contribution is 5.13. The van der Waals surface area contributed by atoms with Crippen LogP contribution in [0.5, 0.6) is 0 Å². The van der Waals surface area contributed by atoms with Gasteiger partial charge in [-0.15, -0.1) is 0 Å². The van der Waals surface area contributed by atoms with Gasteiger partial charge in [0.2, 0.25) is 0 Å². The number of halogens is 3. The lowest BCUT2D eigenvalue weighted by Gasteiger charge is -2.04. The predicted molar refractivity (Wildman–Crippen MR) is 50.5 cm³/mol. The fourth-order valence-corrected chi connectivity index (χ4v) is 1.36. The molecule has 1 N–H and O–H groups in total. The van der Waals surface area contributed by atoms with E-state index in [0.29, 0.717) is 12.1 Å². The number of aryl methyl sites for hydroxylation is 2. The number of hydrogen-bond donors (Lipinski definition) is 1. The monoisotopic (exact) mass is 221 g/mol. The van der Waals surface area contributed by atoms with Crippen LogP contribution in [0.1, 0.15) is 17.8 Å². The molecule has 0 bridgehead atoms. The van der Waals surface area contributed by atoms with E-state index in [1.165, 1.54) is 7.05 Å². The van der Waals surface area contributed by atoms with Gasteiger partial charge in [-0.05, 0) is 32.5 Å². The molecular formula is C9H14F3N3. The molecule has 86 valence electrons. The van der Waals surface area contributed by atoms with Gasteiger partial charge in [-0.1, -0.05) is 0 Å². The summed E-state index contributed by atoms with van der Waals surface area (Å²) in [6, 6.07) is 1.11. The maximum absolute atomic E-state index is 12.4. The highest BCUT2D eigenvalue weighted by Gasteiger charge is 2.34. The van der Waals surface area contributed by atoms with E-state index < -0.39 is 11.9 Å². The summed E-state index contributed by atoms with van der Waals surface area (Å²) in [5, 5.41) is 6.75. The molecule has 0 saturated carbocycles. The summed E-state index contributed by atoms with van der Waals surface area (Å²) in [4.78, 5) is 0. The third-order valence-corrected chi connectivity index (χ3v) is 2.08. The Bertz CT molecular complexity index is 317. The first-order valence-electron chi connectivity index (χ1n) is 4.70. The quantitative estimate of drug-likeness (QED) is 0.782. The number of nitrogens with zero attached hydrogens (tertiary/aromatic N) is 2. The average Bonchev–Trinajstić information content (AvgIpc) is 2.47. The average molecular weight is 221 g/mol. The molecule has 0 aliphatic rings.